The highest BCUT2D eigenvalue weighted by Crippen LogP contribution is 2.44. The molecule has 0 fully saturated rings. The summed E-state index contributed by atoms with van der Waals surface area (Å²) in [6.45, 7) is 2.70. The number of amides is 2. The molecule has 2 aromatic carbocycles. The van der Waals surface area contributed by atoms with Crippen molar-refractivity contribution in [2.75, 3.05) is 19.8 Å². The molecule has 0 unspecified atom stereocenters. The van der Waals surface area contributed by atoms with E-state index in [1.54, 1.807) is 13.8 Å². The van der Waals surface area contributed by atoms with E-state index in [4.69, 9.17) is 9.84 Å². The fourth-order valence-corrected chi connectivity index (χ4v) is 3.32. The van der Waals surface area contributed by atoms with Gasteiger partial charge in [-0.25, -0.2) is 15.1 Å². The maximum absolute atomic E-state index is 12.2. The van der Waals surface area contributed by atoms with Crippen molar-refractivity contribution in [3.05, 3.63) is 59.7 Å². The van der Waals surface area contributed by atoms with Crippen LogP contribution in [0.2, 0.25) is 0 Å². The summed E-state index contributed by atoms with van der Waals surface area (Å²) in [5, 5.41) is 11.1. The van der Waals surface area contributed by atoms with Crippen LogP contribution in [0.25, 0.3) is 11.1 Å². The van der Waals surface area contributed by atoms with Gasteiger partial charge < -0.3 is 15.2 Å². The maximum atomic E-state index is 12.2. The minimum Gasteiger partial charge on any atom is -0.479 e. The third-order valence-electron chi connectivity index (χ3n) is 4.99. The summed E-state index contributed by atoms with van der Waals surface area (Å²) < 4.78 is 5.44. The molecule has 2 amide bonds. The molecule has 0 saturated carbocycles. The van der Waals surface area contributed by atoms with Crippen LogP contribution in [0.15, 0.2) is 48.5 Å². The fourth-order valence-electron chi connectivity index (χ4n) is 3.32. The van der Waals surface area contributed by atoms with Crippen LogP contribution in [0, 0.1) is 5.41 Å². The average molecular weight is 412 g/mol. The summed E-state index contributed by atoms with van der Waals surface area (Å²) in [6.07, 6.45) is -0.635. The molecular weight excluding hydrogens is 388 g/mol. The van der Waals surface area contributed by atoms with E-state index in [9.17, 15) is 14.4 Å². The molecule has 3 N–H and O–H groups in total. The van der Waals surface area contributed by atoms with Crippen LogP contribution in [-0.4, -0.2) is 42.8 Å². The van der Waals surface area contributed by atoms with E-state index in [-0.39, 0.29) is 19.1 Å². The summed E-state index contributed by atoms with van der Waals surface area (Å²) in [7, 11) is 0. The quantitative estimate of drug-likeness (QED) is 0.575. The van der Waals surface area contributed by atoms with Gasteiger partial charge in [-0.05, 0) is 36.1 Å². The van der Waals surface area contributed by atoms with Gasteiger partial charge in [0, 0.05) is 12.5 Å². The van der Waals surface area contributed by atoms with Crippen molar-refractivity contribution in [3.63, 3.8) is 0 Å². The van der Waals surface area contributed by atoms with Gasteiger partial charge in [-0.1, -0.05) is 48.5 Å². The lowest BCUT2D eigenvalue weighted by Crippen LogP contribution is -2.45. The van der Waals surface area contributed by atoms with E-state index < -0.39 is 30.0 Å². The predicted molar refractivity (Wildman–Crippen MR) is 109 cm³/mol. The van der Waals surface area contributed by atoms with Crippen LogP contribution < -0.4 is 10.8 Å². The third-order valence-corrected chi connectivity index (χ3v) is 4.99. The van der Waals surface area contributed by atoms with Crippen molar-refractivity contribution >= 4 is 18.0 Å². The molecule has 30 heavy (non-hydrogen) atoms. The molecule has 0 radical (unpaired) electrons. The highest BCUT2D eigenvalue weighted by molar-refractivity contribution is 5.82. The maximum Gasteiger partial charge on any atom is 0.407 e. The van der Waals surface area contributed by atoms with Gasteiger partial charge in [0.15, 0.2) is 6.61 Å². The molecule has 0 aromatic heterocycles. The molecular formula is C22H24N2O6. The SMILES string of the molecule is CC(C)(CNC(=O)OCC1c2ccccc2-c2ccccc21)C(=O)NOCC(=O)O. The molecule has 8 nitrogen and oxygen atoms in total. The van der Waals surface area contributed by atoms with Crippen molar-refractivity contribution in [1.82, 2.24) is 10.8 Å². The predicted octanol–water partition coefficient (Wildman–Crippen LogP) is 2.68. The van der Waals surface area contributed by atoms with E-state index in [1.807, 2.05) is 36.4 Å². The lowest BCUT2D eigenvalue weighted by molar-refractivity contribution is -0.152. The van der Waals surface area contributed by atoms with Crippen LogP contribution in [0.1, 0.15) is 30.9 Å². The number of hydrogen-bond donors (Lipinski definition) is 3. The summed E-state index contributed by atoms with van der Waals surface area (Å²) in [6, 6.07) is 16.1. The number of carbonyl (C=O) groups is 3. The van der Waals surface area contributed by atoms with Gasteiger partial charge in [-0.3, -0.25) is 9.63 Å². The molecule has 0 atom stereocenters. The molecule has 2 aromatic rings. The van der Waals surface area contributed by atoms with E-state index in [1.165, 1.54) is 0 Å². The van der Waals surface area contributed by atoms with E-state index in [2.05, 4.69) is 27.8 Å². The molecule has 0 aliphatic heterocycles. The monoisotopic (exact) mass is 412 g/mol. The minimum absolute atomic E-state index is 0.00800. The summed E-state index contributed by atoms with van der Waals surface area (Å²) in [5.74, 6) is -1.81. The lowest BCUT2D eigenvalue weighted by atomic mass is 9.93. The molecule has 3 rings (SSSR count). The molecule has 8 heteroatoms. The highest BCUT2D eigenvalue weighted by Gasteiger charge is 2.31. The van der Waals surface area contributed by atoms with Gasteiger partial charge in [-0.15, -0.1) is 0 Å². The van der Waals surface area contributed by atoms with Gasteiger partial charge in [-0.2, -0.15) is 0 Å². The second-order valence-electron chi connectivity index (χ2n) is 7.68. The number of carboxylic acids is 1. The van der Waals surface area contributed by atoms with Gasteiger partial charge in [0.1, 0.15) is 6.61 Å². The molecule has 158 valence electrons. The van der Waals surface area contributed by atoms with E-state index in [0.717, 1.165) is 22.3 Å². The molecule has 0 saturated heterocycles. The zero-order valence-electron chi connectivity index (χ0n) is 16.8. The van der Waals surface area contributed by atoms with Crippen molar-refractivity contribution in [2.45, 2.75) is 19.8 Å². The first kappa shape index (κ1) is 21.3. The van der Waals surface area contributed by atoms with E-state index >= 15 is 0 Å². The third kappa shape index (κ3) is 4.77. The van der Waals surface area contributed by atoms with E-state index in [0.29, 0.717) is 0 Å². The standard InChI is InChI=1S/C22H24N2O6/c1-22(2,20(27)24-30-12-19(25)26)13-23-21(28)29-11-18-16-9-5-3-7-14(16)15-8-4-6-10-17(15)18/h3-10,18H,11-13H2,1-2H3,(H,23,28)(H,24,27)(H,25,26). The Hall–Kier alpha value is -3.39. The Kier molecular flexibility index (Phi) is 6.37. The number of benzene rings is 2. The van der Waals surface area contributed by atoms with Gasteiger partial charge in [0.25, 0.3) is 5.91 Å². The first-order valence-corrected chi connectivity index (χ1v) is 9.52. The largest absolute Gasteiger partial charge is 0.479 e. The second-order valence-corrected chi connectivity index (χ2v) is 7.68. The number of ether oxygens (including phenoxy) is 1. The number of fused-ring (bicyclic) bond motifs is 3. The number of rotatable bonds is 8. The molecule has 1 aliphatic rings. The topological polar surface area (TPSA) is 114 Å². The smallest absolute Gasteiger partial charge is 0.407 e. The van der Waals surface area contributed by atoms with Gasteiger partial charge in [0.2, 0.25) is 0 Å². The van der Waals surface area contributed by atoms with Crippen LogP contribution >= 0.6 is 0 Å². The Morgan fingerprint density at radius 2 is 1.57 bits per heavy atom. The first-order chi connectivity index (χ1) is 14.3. The Bertz CT molecular complexity index is 911. The lowest BCUT2D eigenvalue weighted by Gasteiger charge is -2.23. The number of carboxylic acid groups (broad SMARTS) is 1. The van der Waals surface area contributed by atoms with Crippen LogP contribution in [0.3, 0.4) is 0 Å². The van der Waals surface area contributed by atoms with Crippen molar-refractivity contribution in [1.29, 1.82) is 0 Å². The Morgan fingerprint density at radius 3 is 2.13 bits per heavy atom. The summed E-state index contributed by atoms with van der Waals surface area (Å²) in [5.41, 5.74) is 5.55. The average Bonchev–Trinajstić information content (AvgIpc) is 3.04. The zero-order valence-corrected chi connectivity index (χ0v) is 16.8. The van der Waals surface area contributed by atoms with Crippen LogP contribution in [-0.2, 0) is 19.2 Å². The summed E-state index contributed by atoms with van der Waals surface area (Å²) in [4.78, 5) is 39.3. The number of hydroxylamine groups is 1. The highest BCUT2D eigenvalue weighted by atomic mass is 16.7. The Balaban J connectivity index is 1.54. The molecule has 0 spiro atoms. The van der Waals surface area contributed by atoms with Crippen LogP contribution in [0.4, 0.5) is 4.79 Å². The number of carbonyl (C=O) groups excluding carboxylic acids is 2. The van der Waals surface area contributed by atoms with Gasteiger partial charge >= 0.3 is 12.1 Å². The summed E-state index contributed by atoms with van der Waals surface area (Å²) >= 11 is 0. The first-order valence-electron chi connectivity index (χ1n) is 9.52. The van der Waals surface area contributed by atoms with Crippen molar-refractivity contribution < 1.29 is 29.1 Å². The number of alkyl carbamates (subject to hydrolysis) is 1. The Morgan fingerprint density at radius 1 is 1.00 bits per heavy atom. The Labute approximate surface area is 174 Å². The normalized spacial score (nSPS) is 12.6. The zero-order chi connectivity index (χ0) is 21.7. The van der Waals surface area contributed by atoms with Crippen molar-refractivity contribution in [3.8, 4) is 11.1 Å². The molecule has 0 heterocycles. The number of nitrogens with one attached hydrogen (secondary N) is 2. The fraction of sp³-hybridized carbons (Fsp3) is 0.318. The van der Waals surface area contributed by atoms with Crippen molar-refractivity contribution in [2.24, 2.45) is 5.41 Å². The number of hydrogen-bond acceptors (Lipinski definition) is 5. The second kappa shape index (κ2) is 8.96. The molecule has 1 aliphatic carbocycles. The number of aliphatic carboxylic acids is 1. The minimum atomic E-state index is -1.20. The van der Waals surface area contributed by atoms with Crippen LogP contribution in [0.5, 0.6) is 0 Å². The molecule has 0 bridgehead atoms. The van der Waals surface area contributed by atoms with Gasteiger partial charge in [0.05, 0.1) is 5.41 Å².